The van der Waals surface area contributed by atoms with Crippen LogP contribution in [0, 0.1) is 34.5 Å². The quantitative estimate of drug-likeness (QED) is 0.577. The van der Waals surface area contributed by atoms with E-state index in [1.165, 1.54) is 6.92 Å². The van der Waals surface area contributed by atoms with Crippen LogP contribution in [0.3, 0.4) is 0 Å². The summed E-state index contributed by atoms with van der Waals surface area (Å²) in [6.07, 6.45) is 8.31. The third-order valence-electron chi connectivity index (χ3n) is 8.73. The summed E-state index contributed by atoms with van der Waals surface area (Å²) in [4.78, 5) is 23.8. The Hall–Kier alpha value is -0.900. The van der Waals surface area contributed by atoms with Gasteiger partial charge in [0.25, 0.3) is 0 Å². The largest absolute Gasteiger partial charge is 0.433 e. The van der Waals surface area contributed by atoms with Crippen LogP contribution in [-0.4, -0.2) is 22.6 Å². The Balaban J connectivity index is 1.57. The topological polar surface area (TPSA) is 63.6 Å². The van der Waals surface area contributed by atoms with Gasteiger partial charge in [0.2, 0.25) is 5.79 Å². The Labute approximate surface area is 150 Å². The molecule has 0 saturated heterocycles. The number of ketones is 1. The van der Waals surface area contributed by atoms with Gasteiger partial charge >= 0.3 is 5.97 Å². The van der Waals surface area contributed by atoms with Crippen LogP contribution in [0.1, 0.15) is 78.6 Å². The van der Waals surface area contributed by atoms with Crippen LogP contribution in [0.25, 0.3) is 0 Å². The lowest BCUT2D eigenvalue weighted by molar-refractivity contribution is -0.249. The van der Waals surface area contributed by atoms with Gasteiger partial charge in [-0.15, -0.1) is 0 Å². The van der Waals surface area contributed by atoms with Crippen molar-refractivity contribution in [3.8, 4) is 0 Å². The van der Waals surface area contributed by atoms with E-state index >= 15 is 0 Å². The molecule has 1 unspecified atom stereocenters. The van der Waals surface area contributed by atoms with Gasteiger partial charge in [0.15, 0.2) is 0 Å². The lowest BCUT2D eigenvalue weighted by Gasteiger charge is -2.60. The minimum Gasteiger partial charge on any atom is -0.433 e. The van der Waals surface area contributed by atoms with Crippen molar-refractivity contribution in [3.05, 3.63) is 0 Å². The molecule has 0 aromatic rings. The molecular weight excluding hydrogens is 316 g/mol. The molecule has 4 nitrogen and oxygen atoms in total. The predicted molar refractivity (Wildman–Crippen MR) is 93.4 cm³/mol. The van der Waals surface area contributed by atoms with Gasteiger partial charge in [0.05, 0.1) is 0 Å². The maximum atomic E-state index is 12.5. The molecule has 4 heteroatoms. The highest BCUT2D eigenvalue weighted by molar-refractivity contribution is 5.87. The van der Waals surface area contributed by atoms with Crippen molar-refractivity contribution >= 4 is 11.8 Å². The van der Waals surface area contributed by atoms with Crippen LogP contribution in [-0.2, 0) is 14.3 Å². The SMILES string of the molecule is CC(=O)O[C@]1(O)CC[C@@]2(C)C(CC[C@@H]3[C@@H]2CC[C@]2(C)C(=O)CC[C@@H]32)C1. The molecular formula is C21H32O4. The molecule has 4 saturated carbocycles. The zero-order valence-electron chi connectivity index (χ0n) is 15.8. The zero-order valence-corrected chi connectivity index (χ0v) is 15.8. The van der Waals surface area contributed by atoms with Gasteiger partial charge in [0, 0.05) is 31.6 Å². The van der Waals surface area contributed by atoms with Crippen LogP contribution in [0.5, 0.6) is 0 Å². The van der Waals surface area contributed by atoms with E-state index in [1.807, 2.05) is 0 Å². The van der Waals surface area contributed by atoms with Crippen molar-refractivity contribution in [2.75, 3.05) is 0 Å². The standard InChI is InChI=1S/C21H32O4/c1-13(22)25-21(24)11-10-19(2)14(12-21)4-5-15-16-6-7-18(23)20(16,3)9-8-17(15)19/h14-17,24H,4-12H2,1-3H3/t14?,15-,16-,17-,19-,20-,21+/m0/s1. The maximum absolute atomic E-state index is 12.5. The average molecular weight is 348 g/mol. The average Bonchev–Trinajstić information content (AvgIpc) is 2.83. The van der Waals surface area contributed by atoms with Crippen molar-refractivity contribution in [3.63, 3.8) is 0 Å². The molecule has 0 aromatic heterocycles. The summed E-state index contributed by atoms with van der Waals surface area (Å²) in [6.45, 7) is 6.00. The van der Waals surface area contributed by atoms with Crippen molar-refractivity contribution in [1.82, 2.24) is 0 Å². The highest BCUT2D eigenvalue weighted by Gasteiger charge is 2.61. The molecule has 0 spiro atoms. The van der Waals surface area contributed by atoms with Gasteiger partial charge in [-0.2, -0.15) is 0 Å². The van der Waals surface area contributed by atoms with Crippen LogP contribution in [0.15, 0.2) is 0 Å². The summed E-state index contributed by atoms with van der Waals surface area (Å²) in [6, 6.07) is 0. The predicted octanol–water partition coefficient (Wildman–Crippen LogP) is 3.85. The van der Waals surface area contributed by atoms with Gasteiger partial charge < -0.3 is 9.84 Å². The molecule has 0 bridgehead atoms. The van der Waals surface area contributed by atoms with Crippen LogP contribution in [0.4, 0.5) is 0 Å². The minimum atomic E-state index is -1.27. The second-order valence-electron chi connectivity index (χ2n) is 9.82. The molecule has 4 aliphatic carbocycles. The highest BCUT2D eigenvalue weighted by atomic mass is 16.7. The second kappa shape index (κ2) is 5.55. The van der Waals surface area contributed by atoms with Crippen molar-refractivity contribution in [2.45, 2.75) is 84.3 Å². The summed E-state index contributed by atoms with van der Waals surface area (Å²) in [5.41, 5.74) is 0.139. The molecule has 25 heavy (non-hydrogen) atoms. The molecule has 0 radical (unpaired) electrons. The first-order chi connectivity index (χ1) is 11.7. The summed E-state index contributed by atoms with van der Waals surface area (Å²) >= 11 is 0. The minimum absolute atomic E-state index is 0.0719. The number of ether oxygens (including phenoxy) is 1. The fraction of sp³-hybridized carbons (Fsp3) is 0.905. The van der Waals surface area contributed by atoms with Gasteiger partial charge in [0.1, 0.15) is 5.78 Å². The van der Waals surface area contributed by atoms with E-state index in [1.54, 1.807) is 0 Å². The van der Waals surface area contributed by atoms with E-state index in [4.69, 9.17) is 4.74 Å². The molecule has 0 heterocycles. The fourth-order valence-corrected chi connectivity index (χ4v) is 7.34. The number of hydrogen-bond donors (Lipinski definition) is 1. The van der Waals surface area contributed by atoms with E-state index in [2.05, 4.69) is 13.8 Å². The van der Waals surface area contributed by atoms with Crippen LogP contribution < -0.4 is 0 Å². The molecule has 4 aliphatic rings. The van der Waals surface area contributed by atoms with Crippen molar-refractivity contribution in [1.29, 1.82) is 0 Å². The van der Waals surface area contributed by atoms with Crippen molar-refractivity contribution < 1.29 is 19.4 Å². The molecule has 0 amide bonds. The summed E-state index contributed by atoms with van der Waals surface area (Å²) in [5, 5.41) is 10.7. The molecule has 140 valence electrons. The zero-order chi connectivity index (χ0) is 18.0. The fourth-order valence-electron chi connectivity index (χ4n) is 7.34. The van der Waals surface area contributed by atoms with E-state index in [0.717, 1.165) is 44.9 Å². The highest BCUT2D eigenvalue weighted by Crippen LogP contribution is 2.66. The summed E-state index contributed by atoms with van der Waals surface area (Å²) in [7, 11) is 0. The van der Waals surface area contributed by atoms with Gasteiger partial charge in [-0.1, -0.05) is 13.8 Å². The Morgan fingerprint density at radius 2 is 1.84 bits per heavy atom. The summed E-state index contributed by atoms with van der Waals surface area (Å²) < 4.78 is 5.28. The van der Waals surface area contributed by atoms with Crippen LogP contribution in [0.2, 0.25) is 0 Å². The number of aliphatic hydroxyl groups is 1. The normalized spacial score (nSPS) is 52.1. The van der Waals surface area contributed by atoms with E-state index in [9.17, 15) is 14.7 Å². The molecule has 4 fully saturated rings. The second-order valence-corrected chi connectivity index (χ2v) is 9.82. The Kier molecular flexibility index (Phi) is 3.89. The monoisotopic (exact) mass is 348 g/mol. The molecule has 1 N–H and O–H groups in total. The van der Waals surface area contributed by atoms with Gasteiger partial charge in [-0.05, 0) is 67.6 Å². The van der Waals surface area contributed by atoms with Crippen molar-refractivity contribution in [2.24, 2.45) is 34.5 Å². The maximum Gasteiger partial charge on any atom is 0.305 e. The van der Waals surface area contributed by atoms with Gasteiger partial charge in [-0.3, -0.25) is 9.59 Å². The van der Waals surface area contributed by atoms with E-state index in [0.29, 0.717) is 42.3 Å². The number of hydrogen-bond acceptors (Lipinski definition) is 4. The number of carbonyl (C=O) groups is 2. The Morgan fingerprint density at radius 1 is 1.08 bits per heavy atom. The molecule has 0 aliphatic heterocycles. The molecule has 0 aromatic carbocycles. The van der Waals surface area contributed by atoms with E-state index < -0.39 is 11.8 Å². The third-order valence-corrected chi connectivity index (χ3v) is 8.73. The lowest BCUT2D eigenvalue weighted by Crippen LogP contribution is -2.56. The smallest absolute Gasteiger partial charge is 0.305 e. The number of carbonyl (C=O) groups excluding carboxylic acids is 2. The first-order valence-electron chi connectivity index (χ1n) is 10.1. The first kappa shape index (κ1) is 17.5. The number of Topliss-reactive ketones (excluding diaryl/α,β-unsaturated/α-hetero) is 1. The Morgan fingerprint density at radius 3 is 2.56 bits per heavy atom. The number of rotatable bonds is 1. The third kappa shape index (κ3) is 2.50. The van der Waals surface area contributed by atoms with Gasteiger partial charge in [-0.25, -0.2) is 0 Å². The van der Waals surface area contributed by atoms with E-state index in [-0.39, 0.29) is 10.8 Å². The summed E-state index contributed by atoms with van der Waals surface area (Å²) in [5.74, 6) is 1.12. The number of fused-ring (bicyclic) bond motifs is 5. The first-order valence-corrected chi connectivity index (χ1v) is 10.1. The Bertz CT molecular complexity index is 601. The van der Waals surface area contributed by atoms with Crippen LogP contribution >= 0.6 is 0 Å². The lowest BCUT2D eigenvalue weighted by atomic mass is 9.45. The molecule has 4 rings (SSSR count). The molecule has 7 atom stereocenters. The number of esters is 1.